The average molecular weight is 307 g/mol. The fourth-order valence-electron chi connectivity index (χ4n) is 1.85. The SMILES string of the molecule is COc1cc(C)c(NC(=O)c2ccnc(Cl)c2)cc1OC. The second-order valence-electron chi connectivity index (χ2n) is 4.34. The van der Waals surface area contributed by atoms with Crippen LogP contribution in [0.3, 0.4) is 0 Å². The van der Waals surface area contributed by atoms with Crippen molar-refractivity contribution in [2.24, 2.45) is 0 Å². The lowest BCUT2D eigenvalue weighted by atomic mass is 10.1. The Bertz CT molecular complexity index is 674. The van der Waals surface area contributed by atoms with Crippen molar-refractivity contribution in [3.8, 4) is 11.5 Å². The van der Waals surface area contributed by atoms with E-state index in [0.29, 0.717) is 22.7 Å². The van der Waals surface area contributed by atoms with E-state index in [1.165, 1.54) is 12.3 Å². The van der Waals surface area contributed by atoms with Crippen molar-refractivity contribution < 1.29 is 14.3 Å². The normalized spacial score (nSPS) is 10.1. The zero-order valence-electron chi connectivity index (χ0n) is 11.9. The summed E-state index contributed by atoms with van der Waals surface area (Å²) >= 11 is 5.78. The minimum atomic E-state index is -0.269. The summed E-state index contributed by atoms with van der Waals surface area (Å²) < 4.78 is 10.4. The molecule has 1 heterocycles. The number of pyridine rings is 1. The summed E-state index contributed by atoms with van der Waals surface area (Å²) in [5.41, 5.74) is 1.94. The molecule has 0 fully saturated rings. The minimum absolute atomic E-state index is 0.269. The molecule has 1 N–H and O–H groups in total. The highest BCUT2D eigenvalue weighted by molar-refractivity contribution is 6.29. The van der Waals surface area contributed by atoms with Crippen molar-refractivity contribution in [3.63, 3.8) is 0 Å². The Morgan fingerprint density at radius 2 is 1.86 bits per heavy atom. The number of carbonyl (C=O) groups excluding carboxylic acids is 1. The predicted octanol–water partition coefficient (Wildman–Crippen LogP) is 3.31. The van der Waals surface area contributed by atoms with Crippen molar-refractivity contribution in [1.29, 1.82) is 0 Å². The molecule has 2 aromatic rings. The highest BCUT2D eigenvalue weighted by Crippen LogP contribution is 2.33. The third kappa shape index (κ3) is 3.44. The van der Waals surface area contributed by atoms with Crippen molar-refractivity contribution >= 4 is 23.2 Å². The molecule has 1 aromatic heterocycles. The molecule has 21 heavy (non-hydrogen) atoms. The predicted molar refractivity (Wildman–Crippen MR) is 81.5 cm³/mol. The van der Waals surface area contributed by atoms with Gasteiger partial charge in [-0.25, -0.2) is 4.98 Å². The number of nitrogens with zero attached hydrogens (tertiary/aromatic N) is 1. The first-order valence-electron chi connectivity index (χ1n) is 6.20. The Balaban J connectivity index is 2.29. The van der Waals surface area contributed by atoms with Gasteiger partial charge in [-0.1, -0.05) is 11.6 Å². The standard InChI is InChI=1S/C15H15ClN2O3/c1-9-6-12(20-2)13(21-3)8-11(9)18-15(19)10-4-5-17-14(16)7-10/h4-8H,1-3H3,(H,18,19). The van der Waals surface area contributed by atoms with Crippen LogP contribution in [0.5, 0.6) is 11.5 Å². The number of rotatable bonds is 4. The van der Waals surface area contributed by atoms with Gasteiger partial charge in [0.2, 0.25) is 0 Å². The minimum Gasteiger partial charge on any atom is -0.493 e. The van der Waals surface area contributed by atoms with Gasteiger partial charge in [-0.3, -0.25) is 4.79 Å². The smallest absolute Gasteiger partial charge is 0.255 e. The Morgan fingerprint density at radius 1 is 1.19 bits per heavy atom. The highest BCUT2D eigenvalue weighted by atomic mass is 35.5. The molecule has 5 nitrogen and oxygen atoms in total. The third-order valence-electron chi connectivity index (χ3n) is 2.97. The summed E-state index contributed by atoms with van der Waals surface area (Å²) in [4.78, 5) is 16.0. The monoisotopic (exact) mass is 306 g/mol. The van der Waals surface area contributed by atoms with E-state index in [1.807, 2.05) is 6.92 Å². The number of halogens is 1. The number of hydrogen-bond acceptors (Lipinski definition) is 4. The summed E-state index contributed by atoms with van der Waals surface area (Å²) in [6.07, 6.45) is 1.48. The van der Waals surface area contributed by atoms with E-state index < -0.39 is 0 Å². The number of aromatic nitrogens is 1. The molecule has 0 aliphatic carbocycles. The molecule has 1 aromatic carbocycles. The molecule has 0 aliphatic heterocycles. The van der Waals surface area contributed by atoms with Crippen LogP contribution in [0.2, 0.25) is 5.15 Å². The Hall–Kier alpha value is -2.27. The van der Waals surface area contributed by atoms with Crippen molar-refractivity contribution in [3.05, 3.63) is 46.7 Å². The number of amides is 1. The molecule has 0 atom stereocenters. The molecule has 0 saturated heterocycles. The summed E-state index contributed by atoms with van der Waals surface area (Å²) in [6, 6.07) is 6.62. The van der Waals surface area contributed by atoms with Crippen molar-refractivity contribution in [1.82, 2.24) is 4.98 Å². The lowest BCUT2D eigenvalue weighted by Crippen LogP contribution is -2.13. The Morgan fingerprint density at radius 3 is 2.48 bits per heavy atom. The number of methoxy groups -OCH3 is 2. The Kier molecular flexibility index (Phi) is 4.65. The van der Waals surface area contributed by atoms with Gasteiger partial charge in [-0.15, -0.1) is 0 Å². The lowest BCUT2D eigenvalue weighted by Gasteiger charge is -2.13. The molecule has 0 unspecified atom stereocenters. The van der Waals surface area contributed by atoms with E-state index in [9.17, 15) is 4.79 Å². The summed E-state index contributed by atoms with van der Waals surface area (Å²) in [6.45, 7) is 1.87. The van der Waals surface area contributed by atoms with Gasteiger partial charge in [-0.2, -0.15) is 0 Å². The van der Waals surface area contributed by atoms with Crippen LogP contribution in [0.4, 0.5) is 5.69 Å². The number of hydrogen-bond donors (Lipinski definition) is 1. The zero-order chi connectivity index (χ0) is 15.4. The molecule has 110 valence electrons. The third-order valence-corrected chi connectivity index (χ3v) is 3.17. The van der Waals surface area contributed by atoms with Crippen molar-refractivity contribution in [2.45, 2.75) is 6.92 Å². The molecular weight excluding hydrogens is 292 g/mol. The van der Waals surface area contributed by atoms with Gasteiger partial charge in [0.25, 0.3) is 5.91 Å². The van der Waals surface area contributed by atoms with Gasteiger partial charge in [0.1, 0.15) is 5.15 Å². The molecule has 0 saturated carbocycles. The Labute approximate surface area is 127 Å². The second-order valence-corrected chi connectivity index (χ2v) is 4.73. The van der Waals surface area contributed by atoms with Crippen molar-refractivity contribution in [2.75, 3.05) is 19.5 Å². The van der Waals surface area contributed by atoms with Gasteiger partial charge in [0.15, 0.2) is 11.5 Å². The van der Waals surface area contributed by atoms with Gasteiger partial charge in [0, 0.05) is 23.5 Å². The number of carbonyl (C=O) groups is 1. The molecule has 0 aliphatic rings. The van der Waals surface area contributed by atoms with Gasteiger partial charge in [0.05, 0.1) is 14.2 Å². The summed E-state index contributed by atoms with van der Waals surface area (Å²) in [5, 5.41) is 3.09. The van der Waals surface area contributed by atoms with Gasteiger partial charge >= 0.3 is 0 Å². The molecule has 0 radical (unpaired) electrons. The molecular formula is C15H15ClN2O3. The van der Waals surface area contributed by atoms with E-state index in [2.05, 4.69) is 10.3 Å². The maximum atomic E-state index is 12.2. The maximum Gasteiger partial charge on any atom is 0.255 e. The van der Waals surface area contributed by atoms with Gasteiger partial charge < -0.3 is 14.8 Å². The first-order chi connectivity index (χ1) is 10.0. The largest absolute Gasteiger partial charge is 0.493 e. The van der Waals surface area contributed by atoms with Crippen LogP contribution in [-0.2, 0) is 0 Å². The lowest BCUT2D eigenvalue weighted by molar-refractivity contribution is 0.102. The molecule has 6 heteroatoms. The number of aryl methyl sites for hydroxylation is 1. The summed E-state index contributed by atoms with van der Waals surface area (Å²) in [5.74, 6) is 0.890. The fraction of sp³-hybridized carbons (Fsp3) is 0.200. The molecule has 1 amide bonds. The van der Waals surface area contributed by atoms with Crippen LogP contribution in [0, 0.1) is 6.92 Å². The van der Waals surface area contributed by atoms with E-state index in [1.54, 1.807) is 32.4 Å². The summed E-state index contributed by atoms with van der Waals surface area (Å²) in [7, 11) is 3.11. The van der Waals surface area contributed by atoms with Crippen LogP contribution >= 0.6 is 11.6 Å². The van der Waals surface area contributed by atoms with E-state index in [4.69, 9.17) is 21.1 Å². The number of anilines is 1. The van der Waals surface area contributed by atoms with E-state index in [-0.39, 0.29) is 11.1 Å². The highest BCUT2D eigenvalue weighted by Gasteiger charge is 2.12. The first-order valence-corrected chi connectivity index (χ1v) is 6.58. The first kappa shape index (κ1) is 15.1. The topological polar surface area (TPSA) is 60.5 Å². The van der Waals surface area contributed by atoms with Crippen LogP contribution < -0.4 is 14.8 Å². The fourth-order valence-corrected chi connectivity index (χ4v) is 2.03. The van der Waals surface area contributed by atoms with Crippen LogP contribution in [0.15, 0.2) is 30.5 Å². The van der Waals surface area contributed by atoms with E-state index in [0.717, 1.165) is 5.56 Å². The molecule has 0 spiro atoms. The zero-order valence-corrected chi connectivity index (χ0v) is 12.7. The van der Waals surface area contributed by atoms with Gasteiger partial charge in [-0.05, 0) is 30.7 Å². The van der Waals surface area contributed by atoms with E-state index >= 15 is 0 Å². The quantitative estimate of drug-likeness (QED) is 0.880. The molecule has 2 rings (SSSR count). The maximum absolute atomic E-state index is 12.2. The number of nitrogens with one attached hydrogen (secondary N) is 1. The number of benzene rings is 1. The van der Waals surface area contributed by atoms with Crippen LogP contribution in [0.25, 0.3) is 0 Å². The second kappa shape index (κ2) is 6.45. The number of ether oxygens (including phenoxy) is 2. The van der Waals surface area contributed by atoms with Crippen LogP contribution in [0.1, 0.15) is 15.9 Å². The average Bonchev–Trinajstić information content (AvgIpc) is 2.48. The molecule has 0 bridgehead atoms. The van der Waals surface area contributed by atoms with Crippen LogP contribution in [-0.4, -0.2) is 25.1 Å².